The second-order valence-electron chi connectivity index (χ2n) is 8.75. The van der Waals surface area contributed by atoms with E-state index in [2.05, 4.69) is 0 Å². The van der Waals surface area contributed by atoms with E-state index in [-0.39, 0.29) is 11.5 Å². The monoisotopic (exact) mass is 410 g/mol. The van der Waals surface area contributed by atoms with Crippen LogP contribution in [0.25, 0.3) is 5.57 Å². The smallest absolute Gasteiger partial charge is 0.115 e. The first-order chi connectivity index (χ1) is 14.2. The highest BCUT2D eigenvalue weighted by Gasteiger charge is 2.34. The standard InChI is InChI=1S/C26H31ClO2/c27-16-15-25(22-6-5-21(17-22)18-3-1-2-4-18)26(19-7-11-23(28)12-8-19)20-9-13-24(29)14-10-20/h7-14,18,21-22,28-29H,1-6,15-17H2. The highest BCUT2D eigenvalue weighted by Crippen LogP contribution is 2.47. The van der Waals surface area contributed by atoms with E-state index < -0.39 is 0 Å². The predicted molar refractivity (Wildman–Crippen MR) is 120 cm³/mol. The number of phenols is 2. The van der Waals surface area contributed by atoms with Gasteiger partial charge >= 0.3 is 0 Å². The number of halogens is 1. The topological polar surface area (TPSA) is 40.5 Å². The van der Waals surface area contributed by atoms with E-state index in [0.717, 1.165) is 29.4 Å². The third-order valence-corrected chi connectivity index (χ3v) is 7.22. The second-order valence-corrected chi connectivity index (χ2v) is 9.13. The average molecular weight is 411 g/mol. The van der Waals surface area contributed by atoms with Crippen LogP contribution < -0.4 is 0 Å². The third kappa shape index (κ3) is 4.64. The molecule has 2 N–H and O–H groups in total. The first-order valence-corrected chi connectivity index (χ1v) is 11.6. The summed E-state index contributed by atoms with van der Waals surface area (Å²) in [5.74, 6) is 3.51. The molecule has 2 fully saturated rings. The molecule has 0 aliphatic heterocycles. The number of benzene rings is 2. The molecule has 2 atom stereocenters. The molecule has 0 heterocycles. The molecule has 0 amide bonds. The van der Waals surface area contributed by atoms with Crippen LogP contribution in [-0.2, 0) is 0 Å². The molecule has 0 spiro atoms. The molecule has 0 bridgehead atoms. The minimum Gasteiger partial charge on any atom is -0.508 e. The number of rotatable bonds is 6. The van der Waals surface area contributed by atoms with Crippen molar-refractivity contribution in [1.82, 2.24) is 0 Å². The Morgan fingerprint density at radius 3 is 1.83 bits per heavy atom. The van der Waals surface area contributed by atoms with Crippen molar-refractivity contribution in [1.29, 1.82) is 0 Å². The molecule has 3 heteroatoms. The van der Waals surface area contributed by atoms with Gasteiger partial charge in [-0.15, -0.1) is 11.6 Å². The van der Waals surface area contributed by atoms with Crippen LogP contribution in [0.3, 0.4) is 0 Å². The molecule has 0 aromatic heterocycles. The van der Waals surface area contributed by atoms with Gasteiger partial charge in [-0.25, -0.2) is 0 Å². The highest BCUT2D eigenvalue weighted by molar-refractivity contribution is 6.18. The Kier molecular flexibility index (Phi) is 6.50. The van der Waals surface area contributed by atoms with Crippen molar-refractivity contribution < 1.29 is 10.2 Å². The summed E-state index contributed by atoms with van der Waals surface area (Å²) in [5, 5.41) is 19.6. The number of phenolic OH excluding ortho intramolecular Hbond substituents is 2. The van der Waals surface area contributed by atoms with Gasteiger partial charge in [0.15, 0.2) is 0 Å². The largest absolute Gasteiger partial charge is 0.508 e. The maximum absolute atomic E-state index is 9.78. The second kappa shape index (κ2) is 9.26. The molecule has 2 saturated carbocycles. The minimum atomic E-state index is 0.278. The van der Waals surface area contributed by atoms with Crippen molar-refractivity contribution >= 4 is 17.2 Å². The van der Waals surface area contributed by atoms with Gasteiger partial charge in [0.05, 0.1) is 0 Å². The lowest BCUT2D eigenvalue weighted by molar-refractivity contribution is 0.340. The van der Waals surface area contributed by atoms with E-state index in [4.69, 9.17) is 11.6 Å². The molecule has 2 aliphatic rings. The summed E-state index contributed by atoms with van der Waals surface area (Å²) >= 11 is 6.29. The van der Waals surface area contributed by atoms with Crippen LogP contribution in [0.15, 0.2) is 54.1 Å². The van der Waals surface area contributed by atoms with E-state index >= 15 is 0 Å². The first-order valence-electron chi connectivity index (χ1n) is 11.0. The number of alkyl halides is 1. The molecule has 154 valence electrons. The Bertz CT molecular complexity index is 785. The molecule has 2 aromatic carbocycles. The molecule has 2 aliphatic carbocycles. The third-order valence-electron chi connectivity index (χ3n) is 7.03. The van der Waals surface area contributed by atoms with Gasteiger partial charge in [0.2, 0.25) is 0 Å². The van der Waals surface area contributed by atoms with Crippen molar-refractivity contribution in [2.45, 2.75) is 51.4 Å². The van der Waals surface area contributed by atoms with Crippen LogP contribution in [-0.4, -0.2) is 16.1 Å². The van der Waals surface area contributed by atoms with Gasteiger partial charge in [-0.2, -0.15) is 0 Å². The quantitative estimate of drug-likeness (QED) is 0.497. The summed E-state index contributed by atoms with van der Waals surface area (Å²) in [5.41, 5.74) is 4.88. The van der Waals surface area contributed by atoms with E-state index in [1.807, 2.05) is 24.3 Å². The SMILES string of the molecule is Oc1ccc(C(=C(CCCl)C2CCC(C3CCCC3)C2)c2ccc(O)cc2)cc1. The number of hydrogen-bond donors (Lipinski definition) is 2. The highest BCUT2D eigenvalue weighted by atomic mass is 35.5. The minimum absolute atomic E-state index is 0.278. The average Bonchev–Trinajstić information content (AvgIpc) is 3.42. The van der Waals surface area contributed by atoms with E-state index in [9.17, 15) is 10.2 Å². The summed E-state index contributed by atoms with van der Waals surface area (Å²) in [6, 6.07) is 15.0. The van der Waals surface area contributed by atoms with Crippen LogP contribution in [0, 0.1) is 17.8 Å². The number of allylic oxidation sites excluding steroid dienone is 1. The van der Waals surface area contributed by atoms with Gasteiger partial charge < -0.3 is 10.2 Å². The molecule has 0 radical (unpaired) electrons. The van der Waals surface area contributed by atoms with Crippen molar-refractivity contribution in [3.63, 3.8) is 0 Å². The summed E-state index contributed by atoms with van der Waals surface area (Å²) < 4.78 is 0. The van der Waals surface area contributed by atoms with E-state index in [0.29, 0.717) is 11.8 Å². The zero-order chi connectivity index (χ0) is 20.2. The normalized spacial score (nSPS) is 22.1. The Labute approximate surface area is 179 Å². The van der Waals surface area contributed by atoms with Crippen molar-refractivity contribution in [3.8, 4) is 11.5 Å². The molecule has 29 heavy (non-hydrogen) atoms. The van der Waals surface area contributed by atoms with Gasteiger partial charge in [0.1, 0.15) is 11.5 Å². The van der Waals surface area contributed by atoms with E-state index in [1.54, 1.807) is 24.3 Å². The maximum Gasteiger partial charge on any atom is 0.115 e. The van der Waals surface area contributed by atoms with Crippen LogP contribution >= 0.6 is 11.6 Å². The first kappa shape index (κ1) is 20.3. The van der Waals surface area contributed by atoms with Crippen LogP contribution in [0.5, 0.6) is 11.5 Å². The fourth-order valence-corrected chi connectivity index (χ4v) is 5.82. The van der Waals surface area contributed by atoms with Gasteiger partial charge in [-0.05, 0) is 84.4 Å². The Hall–Kier alpha value is -1.93. The van der Waals surface area contributed by atoms with Crippen molar-refractivity contribution in [2.24, 2.45) is 17.8 Å². The fraction of sp³-hybridized carbons (Fsp3) is 0.462. The zero-order valence-corrected chi connectivity index (χ0v) is 17.7. The van der Waals surface area contributed by atoms with E-state index in [1.165, 1.54) is 56.1 Å². The lowest BCUT2D eigenvalue weighted by Crippen LogP contribution is -2.10. The number of aromatic hydroxyl groups is 2. The van der Waals surface area contributed by atoms with Gasteiger partial charge in [0.25, 0.3) is 0 Å². The Morgan fingerprint density at radius 1 is 0.759 bits per heavy atom. The molecule has 2 nitrogen and oxygen atoms in total. The molecular weight excluding hydrogens is 380 g/mol. The lowest BCUT2D eigenvalue weighted by Gasteiger charge is -2.23. The fourth-order valence-electron chi connectivity index (χ4n) is 5.62. The van der Waals surface area contributed by atoms with Gasteiger partial charge in [-0.1, -0.05) is 55.5 Å². The molecular formula is C26H31ClO2. The zero-order valence-electron chi connectivity index (χ0n) is 17.0. The summed E-state index contributed by atoms with van der Waals surface area (Å²) in [6.07, 6.45) is 10.4. The number of hydrogen-bond acceptors (Lipinski definition) is 2. The van der Waals surface area contributed by atoms with Crippen LogP contribution in [0.1, 0.15) is 62.5 Å². The van der Waals surface area contributed by atoms with Crippen molar-refractivity contribution in [2.75, 3.05) is 5.88 Å². The van der Waals surface area contributed by atoms with Crippen LogP contribution in [0.4, 0.5) is 0 Å². The predicted octanol–water partition coefficient (Wildman–Crippen LogP) is 7.14. The maximum atomic E-state index is 9.78. The lowest BCUT2D eigenvalue weighted by atomic mass is 9.82. The molecule has 2 aromatic rings. The Morgan fingerprint density at radius 2 is 1.31 bits per heavy atom. The summed E-state index contributed by atoms with van der Waals surface area (Å²) in [6.45, 7) is 0. The molecule has 0 saturated heterocycles. The summed E-state index contributed by atoms with van der Waals surface area (Å²) in [4.78, 5) is 0. The van der Waals surface area contributed by atoms with Gasteiger partial charge in [-0.3, -0.25) is 0 Å². The molecule has 2 unspecified atom stereocenters. The Balaban J connectivity index is 1.74. The van der Waals surface area contributed by atoms with Crippen molar-refractivity contribution in [3.05, 3.63) is 65.2 Å². The van der Waals surface area contributed by atoms with Gasteiger partial charge in [0, 0.05) is 5.88 Å². The summed E-state index contributed by atoms with van der Waals surface area (Å²) in [7, 11) is 0. The molecule has 4 rings (SSSR count). The van der Waals surface area contributed by atoms with Crippen LogP contribution in [0.2, 0.25) is 0 Å².